The van der Waals surface area contributed by atoms with E-state index in [1.165, 1.54) is 12.0 Å². The van der Waals surface area contributed by atoms with Gasteiger partial charge in [0.05, 0.1) is 0 Å². The van der Waals surface area contributed by atoms with Crippen LogP contribution in [0.3, 0.4) is 0 Å². The van der Waals surface area contributed by atoms with Crippen LogP contribution in [0.25, 0.3) is 0 Å². The smallest absolute Gasteiger partial charge is 0.228 e. The fraction of sp³-hybridized carbons (Fsp3) is 0.727. The number of fused-ring (bicyclic) bond motifs is 1. The summed E-state index contributed by atoms with van der Waals surface area (Å²) in [7, 11) is 0. The summed E-state index contributed by atoms with van der Waals surface area (Å²) in [5.74, 6) is 0.962. The van der Waals surface area contributed by atoms with E-state index in [4.69, 9.17) is 0 Å². The maximum absolute atomic E-state index is 11.7. The lowest BCUT2D eigenvalue weighted by Crippen LogP contribution is -2.42. The van der Waals surface area contributed by atoms with Crippen molar-refractivity contribution in [2.24, 2.45) is 17.3 Å². The lowest BCUT2D eigenvalue weighted by Gasteiger charge is -2.36. The molecule has 0 saturated heterocycles. The highest BCUT2D eigenvalue weighted by Gasteiger charge is 2.49. The van der Waals surface area contributed by atoms with E-state index in [1.807, 2.05) is 6.20 Å². The molecule has 0 radical (unpaired) electrons. The Kier molecular flexibility index (Phi) is 1.76. The molecular formula is C11H17NO. The third-order valence-corrected chi connectivity index (χ3v) is 3.99. The van der Waals surface area contributed by atoms with Crippen LogP contribution in [0.15, 0.2) is 11.8 Å². The van der Waals surface area contributed by atoms with E-state index >= 15 is 0 Å². The van der Waals surface area contributed by atoms with E-state index in [2.05, 4.69) is 26.1 Å². The first-order valence-electron chi connectivity index (χ1n) is 5.03. The first-order valence-corrected chi connectivity index (χ1v) is 5.03. The van der Waals surface area contributed by atoms with Crippen molar-refractivity contribution in [1.82, 2.24) is 5.32 Å². The molecule has 1 fully saturated rings. The van der Waals surface area contributed by atoms with Crippen molar-refractivity contribution in [1.29, 1.82) is 0 Å². The third-order valence-electron chi connectivity index (χ3n) is 3.99. The molecule has 1 aliphatic carbocycles. The molecule has 0 aromatic heterocycles. The van der Waals surface area contributed by atoms with Gasteiger partial charge in [0.1, 0.15) is 0 Å². The van der Waals surface area contributed by atoms with Gasteiger partial charge in [-0.15, -0.1) is 0 Å². The van der Waals surface area contributed by atoms with Gasteiger partial charge in [0, 0.05) is 17.5 Å². The number of rotatable bonds is 0. The highest BCUT2D eigenvalue weighted by molar-refractivity contribution is 5.83. The van der Waals surface area contributed by atoms with Crippen LogP contribution in [-0.4, -0.2) is 5.91 Å². The summed E-state index contributed by atoms with van der Waals surface area (Å²) in [6.07, 6.45) is 4.23. The third kappa shape index (κ3) is 1.04. The van der Waals surface area contributed by atoms with Crippen LogP contribution in [-0.2, 0) is 4.79 Å². The molecule has 2 nitrogen and oxygen atoms in total. The van der Waals surface area contributed by atoms with Gasteiger partial charge in [-0.1, -0.05) is 19.4 Å². The van der Waals surface area contributed by atoms with Crippen molar-refractivity contribution in [2.45, 2.75) is 33.6 Å². The number of hydrogen-bond acceptors (Lipinski definition) is 1. The number of hydrogen-bond donors (Lipinski definition) is 1. The minimum atomic E-state index is 0.141. The summed E-state index contributed by atoms with van der Waals surface area (Å²) in [4.78, 5) is 11.7. The summed E-state index contributed by atoms with van der Waals surface area (Å²) in [5, 5.41) is 2.86. The maximum Gasteiger partial charge on any atom is 0.228 e. The Balaban J connectivity index is 2.43. The molecule has 13 heavy (non-hydrogen) atoms. The summed E-state index contributed by atoms with van der Waals surface area (Å²) in [6.45, 7) is 6.55. The zero-order chi connectivity index (χ0) is 9.64. The van der Waals surface area contributed by atoms with Crippen LogP contribution in [0, 0.1) is 17.3 Å². The van der Waals surface area contributed by atoms with E-state index in [0.717, 1.165) is 6.42 Å². The summed E-state index contributed by atoms with van der Waals surface area (Å²) in [5.41, 5.74) is 1.48. The Morgan fingerprint density at radius 3 is 2.92 bits per heavy atom. The maximum atomic E-state index is 11.7. The summed E-state index contributed by atoms with van der Waals surface area (Å²) >= 11 is 0. The Bertz CT molecular complexity index is 282. The van der Waals surface area contributed by atoms with Crippen LogP contribution in [0.2, 0.25) is 0 Å². The molecular weight excluding hydrogens is 162 g/mol. The van der Waals surface area contributed by atoms with Gasteiger partial charge in [0.15, 0.2) is 0 Å². The molecule has 1 amide bonds. The standard InChI is InChI=1S/C11H17NO/c1-7-4-5-11(3)8(2)6-12-10(13)9(7)11/h6-7,9H,4-5H2,1-3H3,(H,12,13)/t7-,9-,11+/m0/s1. The average molecular weight is 179 g/mol. The van der Waals surface area contributed by atoms with E-state index in [0.29, 0.717) is 5.92 Å². The fourth-order valence-corrected chi connectivity index (χ4v) is 2.90. The van der Waals surface area contributed by atoms with Crippen molar-refractivity contribution in [3.63, 3.8) is 0 Å². The number of allylic oxidation sites excluding steroid dienone is 1. The van der Waals surface area contributed by atoms with Crippen molar-refractivity contribution in [2.75, 3.05) is 0 Å². The molecule has 2 aliphatic rings. The second-order valence-corrected chi connectivity index (χ2v) is 4.75. The molecule has 0 unspecified atom stereocenters. The Morgan fingerprint density at radius 1 is 1.62 bits per heavy atom. The van der Waals surface area contributed by atoms with Crippen LogP contribution >= 0.6 is 0 Å². The predicted octanol–water partition coefficient (Wildman–Crippen LogP) is 2.07. The molecule has 2 heteroatoms. The number of carbonyl (C=O) groups is 1. The monoisotopic (exact) mass is 179 g/mol. The molecule has 1 saturated carbocycles. The van der Waals surface area contributed by atoms with Crippen LogP contribution < -0.4 is 5.32 Å². The van der Waals surface area contributed by atoms with Crippen LogP contribution in [0.5, 0.6) is 0 Å². The summed E-state index contributed by atoms with van der Waals surface area (Å²) in [6, 6.07) is 0. The number of amides is 1. The molecule has 2 rings (SSSR count). The molecule has 1 heterocycles. The topological polar surface area (TPSA) is 29.1 Å². The minimum Gasteiger partial charge on any atom is -0.332 e. The van der Waals surface area contributed by atoms with Gasteiger partial charge >= 0.3 is 0 Å². The van der Waals surface area contributed by atoms with Crippen molar-refractivity contribution < 1.29 is 4.79 Å². The molecule has 0 spiro atoms. The number of nitrogens with one attached hydrogen (secondary N) is 1. The van der Waals surface area contributed by atoms with Gasteiger partial charge in [-0.2, -0.15) is 0 Å². The first kappa shape index (κ1) is 8.79. The largest absolute Gasteiger partial charge is 0.332 e. The first-order chi connectivity index (χ1) is 6.05. The highest BCUT2D eigenvalue weighted by Crippen LogP contribution is 2.52. The fourth-order valence-electron chi connectivity index (χ4n) is 2.90. The second kappa shape index (κ2) is 2.60. The van der Waals surface area contributed by atoms with E-state index in [9.17, 15) is 4.79 Å². The van der Waals surface area contributed by atoms with Gasteiger partial charge < -0.3 is 5.32 Å². The molecule has 0 aromatic rings. The lowest BCUT2D eigenvalue weighted by molar-refractivity contribution is -0.128. The SMILES string of the molecule is CC1=CNC(=O)[C@@H]2[C@@H](C)CC[C@]12C. The lowest BCUT2D eigenvalue weighted by atomic mass is 9.70. The van der Waals surface area contributed by atoms with Gasteiger partial charge in [0.2, 0.25) is 5.91 Å². The zero-order valence-electron chi connectivity index (χ0n) is 8.55. The average Bonchev–Trinajstić information content (AvgIpc) is 2.38. The van der Waals surface area contributed by atoms with Gasteiger partial charge in [0.25, 0.3) is 0 Å². The van der Waals surface area contributed by atoms with E-state index in [1.54, 1.807) is 0 Å². The van der Waals surface area contributed by atoms with Crippen LogP contribution in [0.4, 0.5) is 0 Å². The van der Waals surface area contributed by atoms with Gasteiger partial charge in [-0.3, -0.25) is 4.79 Å². The molecule has 0 aromatic carbocycles. The molecule has 1 N–H and O–H groups in total. The minimum absolute atomic E-state index is 0.141. The van der Waals surface area contributed by atoms with E-state index in [-0.39, 0.29) is 17.2 Å². The quantitative estimate of drug-likeness (QED) is 0.606. The molecule has 0 bridgehead atoms. The Hall–Kier alpha value is -0.790. The zero-order valence-corrected chi connectivity index (χ0v) is 8.55. The van der Waals surface area contributed by atoms with Gasteiger partial charge in [-0.25, -0.2) is 0 Å². The predicted molar refractivity (Wildman–Crippen MR) is 51.9 cm³/mol. The molecule has 72 valence electrons. The second-order valence-electron chi connectivity index (χ2n) is 4.75. The normalized spacial score (nSPS) is 43.9. The Morgan fingerprint density at radius 2 is 2.31 bits per heavy atom. The highest BCUT2D eigenvalue weighted by atomic mass is 16.1. The van der Waals surface area contributed by atoms with Crippen LogP contribution in [0.1, 0.15) is 33.6 Å². The van der Waals surface area contributed by atoms with Crippen molar-refractivity contribution >= 4 is 5.91 Å². The Labute approximate surface area is 79.4 Å². The van der Waals surface area contributed by atoms with E-state index < -0.39 is 0 Å². The molecule has 1 aliphatic heterocycles. The van der Waals surface area contributed by atoms with Crippen molar-refractivity contribution in [3.8, 4) is 0 Å². The summed E-state index contributed by atoms with van der Waals surface area (Å²) < 4.78 is 0. The molecule has 3 atom stereocenters. The van der Waals surface area contributed by atoms with Gasteiger partial charge in [-0.05, 0) is 25.7 Å². The van der Waals surface area contributed by atoms with Crippen molar-refractivity contribution in [3.05, 3.63) is 11.8 Å². The number of carbonyl (C=O) groups excluding carboxylic acids is 1.